The Labute approximate surface area is 494 Å². The summed E-state index contributed by atoms with van der Waals surface area (Å²) < 4.78 is 0. The van der Waals surface area contributed by atoms with Crippen LogP contribution in [0.2, 0.25) is 0 Å². The van der Waals surface area contributed by atoms with Gasteiger partial charge in [0.15, 0.2) is 0 Å². The minimum atomic E-state index is -0.808. The van der Waals surface area contributed by atoms with Crippen molar-refractivity contribution in [2.45, 2.75) is 345 Å². The van der Waals surface area contributed by atoms with Crippen LogP contribution in [0, 0.1) is 0 Å². The van der Waals surface area contributed by atoms with E-state index in [2.05, 4.69) is 132 Å². The molecule has 0 N–H and O–H groups in total. The lowest BCUT2D eigenvalue weighted by Gasteiger charge is -2.48. The minimum Gasteiger partial charge on any atom is -0.0654 e. The van der Waals surface area contributed by atoms with Crippen molar-refractivity contribution in [3.63, 3.8) is 0 Å². The Bertz CT molecular complexity index is 2010. The molecule has 0 amide bonds. The van der Waals surface area contributed by atoms with Crippen LogP contribution in [0.4, 0.5) is 0 Å². The van der Waals surface area contributed by atoms with Gasteiger partial charge in [-0.05, 0) is 271 Å². The Hall–Kier alpha value is -2.26. The van der Waals surface area contributed by atoms with Crippen molar-refractivity contribution in [2.24, 2.45) is 0 Å². The van der Waals surface area contributed by atoms with Crippen LogP contribution in [0.15, 0.2) is 48.5 Å². The van der Waals surface area contributed by atoms with Gasteiger partial charge < -0.3 is 0 Å². The first-order valence-electron chi connectivity index (χ1n) is 34.9. The van der Waals surface area contributed by atoms with Gasteiger partial charge >= 0.3 is 0 Å². The molecule has 79 heavy (non-hydrogen) atoms. The van der Waals surface area contributed by atoms with Crippen LogP contribution in [0.25, 0.3) is 0 Å². The minimum absolute atomic E-state index is 0.133. The predicted octanol–water partition coefficient (Wildman–Crippen LogP) is 22.6. The van der Waals surface area contributed by atoms with Gasteiger partial charge in [-0.15, -0.1) is 0 Å². The van der Waals surface area contributed by atoms with E-state index in [4.69, 9.17) is 0 Å². The molecule has 0 radical (unpaired) electrons. The van der Waals surface area contributed by atoms with Crippen molar-refractivity contribution in [1.29, 1.82) is 0 Å². The van der Waals surface area contributed by atoms with Gasteiger partial charge in [0.2, 0.25) is 0 Å². The summed E-state index contributed by atoms with van der Waals surface area (Å²) in [5, 5.41) is 7.36. The van der Waals surface area contributed by atoms with E-state index in [1.807, 2.05) is 43.5 Å². The molecule has 5 rings (SSSR count). The molecule has 4 aromatic rings. The second kappa shape index (κ2) is 37.8. The standard InChI is InChI=1S/C77H124P2/c1-13-25-39-61-51-55-73(69(47-33-21-9)65(61)43-29-17-5)78(74-56-52-62(40-26-14-2)66(44-30-18-6)70(74)48-34-22-10)77(59-37-38-60-77)79(75-57-53-63(41-27-15-3)67(45-31-19-7)71(75)49-35-23-11)76-58-54-64(42-28-16-4)68(46-32-20-8)72(76)50-36-24-12/h51-58H,13-50,59-60H2,1-12H3. The van der Waals surface area contributed by atoms with Gasteiger partial charge in [-0.1, -0.05) is 222 Å². The predicted molar refractivity (Wildman–Crippen MR) is 363 cm³/mol. The molecule has 0 saturated heterocycles. The van der Waals surface area contributed by atoms with Crippen LogP contribution in [0.1, 0.15) is 330 Å². The Balaban J connectivity index is 2.18. The van der Waals surface area contributed by atoms with Crippen molar-refractivity contribution < 1.29 is 0 Å². The fourth-order valence-corrected chi connectivity index (χ4v) is 22.9. The summed E-state index contributed by atoms with van der Waals surface area (Å²) >= 11 is 0. The van der Waals surface area contributed by atoms with Crippen molar-refractivity contribution in [3.05, 3.63) is 115 Å². The van der Waals surface area contributed by atoms with Gasteiger partial charge in [0, 0.05) is 4.90 Å². The lowest BCUT2D eigenvalue weighted by atomic mass is 9.90. The zero-order valence-corrected chi connectivity index (χ0v) is 56.1. The molecule has 1 aliphatic rings. The molecule has 4 aromatic carbocycles. The first kappa shape index (κ1) is 67.5. The van der Waals surface area contributed by atoms with Crippen molar-refractivity contribution >= 4 is 37.1 Å². The SMILES string of the molecule is CCCCc1ccc(P(c2ccc(CCCC)c(CCCC)c2CCCC)C2(P(c3ccc(CCCC)c(CCCC)c3CCCC)c3ccc(CCCC)c(CCCC)c3CCCC)CCCC2)c(CCCC)c1CCCC. The lowest BCUT2D eigenvalue weighted by molar-refractivity contribution is 0.734. The molecular weight excluding hydrogens is 987 g/mol. The maximum atomic E-state index is 2.88. The zero-order valence-electron chi connectivity index (χ0n) is 54.3. The third-order valence-electron chi connectivity index (χ3n) is 18.7. The largest absolute Gasteiger partial charge is 0.0654 e. The first-order valence-corrected chi connectivity index (χ1v) is 37.6. The number of benzene rings is 4. The Morgan fingerprint density at radius 3 is 0.608 bits per heavy atom. The third kappa shape index (κ3) is 18.1. The molecule has 1 saturated carbocycles. The van der Waals surface area contributed by atoms with E-state index in [9.17, 15) is 0 Å². The molecule has 0 atom stereocenters. The van der Waals surface area contributed by atoms with Crippen LogP contribution in [0.3, 0.4) is 0 Å². The highest BCUT2D eigenvalue weighted by Gasteiger charge is 2.52. The summed E-state index contributed by atoms with van der Waals surface area (Å²) in [5.41, 5.74) is 21.3. The third-order valence-corrected chi connectivity index (χ3v) is 26.0. The maximum Gasteiger partial charge on any atom is 0.0267 e. The van der Waals surface area contributed by atoms with Crippen molar-refractivity contribution in [3.8, 4) is 0 Å². The van der Waals surface area contributed by atoms with Gasteiger partial charge in [-0.3, -0.25) is 0 Å². The highest BCUT2D eigenvalue weighted by atomic mass is 31.2. The monoisotopic (exact) mass is 1110 g/mol. The summed E-state index contributed by atoms with van der Waals surface area (Å²) in [5.74, 6) is 0. The van der Waals surface area contributed by atoms with Crippen LogP contribution >= 0.6 is 15.8 Å². The number of aryl methyl sites for hydroxylation is 4. The van der Waals surface area contributed by atoms with E-state index >= 15 is 0 Å². The van der Waals surface area contributed by atoms with Gasteiger partial charge in [-0.25, -0.2) is 0 Å². The zero-order chi connectivity index (χ0) is 56.8. The van der Waals surface area contributed by atoms with E-state index in [0.29, 0.717) is 0 Å². The maximum absolute atomic E-state index is 2.88. The van der Waals surface area contributed by atoms with Gasteiger partial charge in [0.05, 0.1) is 0 Å². The van der Waals surface area contributed by atoms with Gasteiger partial charge in [-0.2, -0.15) is 0 Å². The molecule has 2 heteroatoms. The number of rotatable bonds is 42. The second-order valence-corrected chi connectivity index (χ2v) is 30.2. The Morgan fingerprint density at radius 2 is 0.418 bits per heavy atom. The van der Waals surface area contributed by atoms with Crippen LogP contribution in [-0.4, -0.2) is 4.90 Å². The molecule has 1 aliphatic carbocycles. The van der Waals surface area contributed by atoms with Gasteiger partial charge in [0.1, 0.15) is 0 Å². The van der Waals surface area contributed by atoms with E-state index in [1.54, 1.807) is 44.5 Å². The molecule has 442 valence electrons. The fraction of sp³-hybridized carbons (Fsp3) is 0.688. The fourth-order valence-electron chi connectivity index (χ4n) is 14.0. The normalized spacial score (nSPS) is 13.5. The average molecular weight is 1110 g/mol. The molecule has 0 spiro atoms. The molecule has 0 nitrogen and oxygen atoms in total. The molecule has 0 unspecified atom stereocenters. The summed E-state index contributed by atoms with van der Waals surface area (Å²) in [4.78, 5) is 0.133. The van der Waals surface area contributed by atoms with Crippen molar-refractivity contribution in [1.82, 2.24) is 0 Å². The Morgan fingerprint density at radius 1 is 0.241 bits per heavy atom. The van der Waals surface area contributed by atoms with Crippen LogP contribution < -0.4 is 21.2 Å². The highest BCUT2D eigenvalue weighted by molar-refractivity contribution is 7.91. The number of unbranched alkanes of at least 4 members (excludes halogenated alkanes) is 12. The summed E-state index contributed by atoms with van der Waals surface area (Å²) in [6.45, 7) is 29.3. The van der Waals surface area contributed by atoms with E-state index < -0.39 is 15.8 Å². The smallest absolute Gasteiger partial charge is 0.0267 e. The summed E-state index contributed by atoms with van der Waals surface area (Å²) in [7, 11) is -1.62. The van der Waals surface area contributed by atoms with Gasteiger partial charge in [0.25, 0.3) is 0 Å². The second-order valence-electron chi connectivity index (χ2n) is 24.9. The molecule has 0 heterocycles. The number of hydrogen-bond donors (Lipinski definition) is 0. The average Bonchev–Trinajstić information content (AvgIpc) is 4.15. The van der Waals surface area contributed by atoms with E-state index in [1.165, 1.54) is 257 Å². The number of hydrogen-bond acceptors (Lipinski definition) is 0. The lowest BCUT2D eigenvalue weighted by Crippen LogP contribution is -2.41. The summed E-state index contributed by atoms with van der Waals surface area (Å²) in [6, 6.07) is 22.6. The molecule has 0 aromatic heterocycles. The Kier molecular flexibility index (Phi) is 32.3. The summed E-state index contributed by atoms with van der Waals surface area (Å²) in [6.07, 6.45) is 51.0. The van der Waals surface area contributed by atoms with Crippen LogP contribution in [0.5, 0.6) is 0 Å². The molecule has 0 bridgehead atoms. The molecule has 0 aliphatic heterocycles. The van der Waals surface area contributed by atoms with E-state index in [0.717, 1.165) is 0 Å². The van der Waals surface area contributed by atoms with Crippen molar-refractivity contribution in [2.75, 3.05) is 0 Å². The molecular formula is C77H124P2. The highest BCUT2D eigenvalue weighted by Crippen LogP contribution is 2.73. The quantitative estimate of drug-likeness (QED) is 0.0388. The topological polar surface area (TPSA) is 0 Å². The van der Waals surface area contributed by atoms with E-state index in [-0.39, 0.29) is 4.90 Å². The van der Waals surface area contributed by atoms with Crippen LogP contribution in [-0.2, 0) is 77.0 Å². The molecule has 1 fully saturated rings. The first-order chi connectivity index (χ1) is 38.8.